The summed E-state index contributed by atoms with van der Waals surface area (Å²) >= 11 is 0. The largest absolute Gasteiger partial charge is 0.361 e. The summed E-state index contributed by atoms with van der Waals surface area (Å²) in [5, 5.41) is 0. The number of amides is 2. The number of benzene rings is 1. The van der Waals surface area contributed by atoms with Crippen molar-refractivity contribution in [3.8, 4) is 0 Å². The molecule has 0 atom stereocenters. The third-order valence-corrected chi connectivity index (χ3v) is 1.71. The average molecular weight is 196 g/mol. The summed E-state index contributed by atoms with van der Waals surface area (Å²) < 4.78 is 12.7. The van der Waals surface area contributed by atoms with Crippen LogP contribution in [0.15, 0.2) is 24.3 Å². The van der Waals surface area contributed by atoms with E-state index in [1.54, 1.807) is 0 Å². The number of nitrogens with two attached hydrogens (primary N) is 1. The van der Waals surface area contributed by atoms with Crippen LogP contribution in [0.5, 0.6) is 0 Å². The van der Waals surface area contributed by atoms with Crippen LogP contribution in [0.1, 0.15) is 0 Å². The van der Waals surface area contributed by atoms with Crippen LogP contribution in [0.2, 0.25) is 0 Å². The first-order valence-electron chi connectivity index (χ1n) is 3.85. The fourth-order valence-electron chi connectivity index (χ4n) is 0.967. The quantitative estimate of drug-likeness (QED) is 0.655. The number of halogens is 1. The van der Waals surface area contributed by atoms with Crippen LogP contribution in [0.25, 0.3) is 0 Å². The van der Waals surface area contributed by atoms with Crippen LogP contribution in [0, 0.1) is 5.82 Å². The number of hydrogen-bond acceptors (Lipinski definition) is 2. The fourth-order valence-corrected chi connectivity index (χ4v) is 0.967. The lowest BCUT2D eigenvalue weighted by Crippen LogP contribution is -2.37. The molecule has 0 fully saturated rings. The van der Waals surface area contributed by atoms with Crippen molar-refractivity contribution >= 4 is 17.5 Å². The SMILES string of the molecule is CN(C(=O)C(N)=O)c1cccc(F)c1. The van der Waals surface area contributed by atoms with Gasteiger partial charge in [0.2, 0.25) is 0 Å². The smallest absolute Gasteiger partial charge is 0.315 e. The Kier molecular flexibility index (Phi) is 2.81. The molecule has 1 rings (SSSR count). The number of likely N-dealkylation sites (N-methyl/N-ethyl adjacent to an activating group) is 1. The normalized spacial score (nSPS) is 9.57. The third kappa shape index (κ3) is 2.07. The molecule has 5 heteroatoms. The van der Waals surface area contributed by atoms with E-state index >= 15 is 0 Å². The van der Waals surface area contributed by atoms with E-state index in [1.165, 1.54) is 25.2 Å². The second-order valence-electron chi connectivity index (χ2n) is 2.71. The molecular weight excluding hydrogens is 187 g/mol. The Morgan fingerprint density at radius 1 is 1.43 bits per heavy atom. The van der Waals surface area contributed by atoms with Gasteiger partial charge in [0.05, 0.1) is 0 Å². The lowest BCUT2D eigenvalue weighted by molar-refractivity contribution is -0.135. The molecule has 0 bridgehead atoms. The fraction of sp³-hybridized carbons (Fsp3) is 0.111. The topological polar surface area (TPSA) is 63.4 Å². The van der Waals surface area contributed by atoms with Crippen LogP contribution >= 0.6 is 0 Å². The van der Waals surface area contributed by atoms with Crippen molar-refractivity contribution in [1.82, 2.24) is 0 Å². The number of nitrogens with zero attached hydrogens (tertiary/aromatic N) is 1. The number of anilines is 1. The molecule has 4 nitrogen and oxygen atoms in total. The Morgan fingerprint density at radius 2 is 2.07 bits per heavy atom. The highest BCUT2D eigenvalue weighted by Crippen LogP contribution is 2.13. The standard InChI is InChI=1S/C9H9FN2O2/c1-12(9(14)8(11)13)7-4-2-3-6(10)5-7/h2-5H,1H3,(H2,11,13). The monoisotopic (exact) mass is 196 g/mol. The Bertz CT molecular complexity index is 379. The van der Waals surface area contributed by atoms with Crippen molar-refractivity contribution in [2.45, 2.75) is 0 Å². The first kappa shape index (κ1) is 10.2. The summed E-state index contributed by atoms with van der Waals surface area (Å²) in [6, 6.07) is 5.33. The zero-order chi connectivity index (χ0) is 10.7. The van der Waals surface area contributed by atoms with Gasteiger partial charge in [-0.1, -0.05) is 6.07 Å². The number of rotatable bonds is 1. The third-order valence-electron chi connectivity index (χ3n) is 1.71. The zero-order valence-electron chi connectivity index (χ0n) is 7.53. The molecule has 0 aromatic heterocycles. The molecule has 0 aliphatic rings. The Labute approximate surface area is 80.1 Å². The molecule has 0 aliphatic carbocycles. The second-order valence-corrected chi connectivity index (χ2v) is 2.71. The van der Waals surface area contributed by atoms with Crippen LogP contribution in [0.4, 0.5) is 10.1 Å². The highest BCUT2D eigenvalue weighted by atomic mass is 19.1. The molecule has 0 saturated carbocycles. The van der Waals surface area contributed by atoms with Crippen molar-refractivity contribution in [2.75, 3.05) is 11.9 Å². The van der Waals surface area contributed by atoms with Crippen LogP contribution in [-0.4, -0.2) is 18.9 Å². The predicted molar refractivity (Wildman–Crippen MR) is 49.0 cm³/mol. The van der Waals surface area contributed by atoms with E-state index in [4.69, 9.17) is 5.73 Å². The van der Waals surface area contributed by atoms with E-state index in [0.717, 1.165) is 11.0 Å². The summed E-state index contributed by atoms with van der Waals surface area (Å²) in [6.45, 7) is 0. The minimum Gasteiger partial charge on any atom is -0.361 e. The van der Waals surface area contributed by atoms with E-state index in [2.05, 4.69) is 0 Å². The highest BCUT2D eigenvalue weighted by molar-refractivity contribution is 6.39. The lowest BCUT2D eigenvalue weighted by Gasteiger charge is -2.14. The van der Waals surface area contributed by atoms with E-state index in [0.29, 0.717) is 0 Å². The molecule has 2 N–H and O–H groups in total. The van der Waals surface area contributed by atoms with Gasteiger partial charge in [-0.15, -0.1) is 0 Å². The second kappa shape index (κ2) is 3.87. The predicted octanol–water partition coefficient (Wildman–Crippen LogP) is 0.274. The molecule has 0 radical (unpaired) electrons. The molecule has 0 spiro atoms. The Morgan fingerprint density at radius 3 is 2.57 bits per heavy atom. The molecule has 2 amide bonds. The summed E-state index contributed by atoms with van der Waals surface area (Å²) in [5.74, 6) is -2.43. The molecule has 0 heterocycles. The first-order valence-corrected chi connectivity index (χ1v) is 3.85. The van der Waals surface area contributed by atoms with Crippen LogP contribution in [-0.2, 0) is 9.59 Å². The summed E-state index contributed by atoms with van der Waals surface area (Å²) in [6.07, 6.45) is 0. The maximum atomic E-state index is 12.7. The van der Waals surface area contributed by atoms with Gasteiger partial charge in [0.25, 0.3) is 0 Å². The Hall–Kier alpha value is -1.91. The molecule has 14 heavy (non-hydrogen) atoms. The molecule has 0 unspecified atom stereocenters. The maximum Gasteiger partial charge on any atom is 0.315 e. The van der Waals surface area contributed by atoms with Crippen molar-refractivity contribution in [3.63, 3.8) is 0 Å². The minimum atomic E-state index is -1.07. The lowest BCUT2D eigenvalue weighted by atomic mass is 10.3. The molecule has 74 valence electrons. The molecule has 1 aromatic carbocycles. The van der Waals surface area contributed by atoms with Crippen molar-refractivity contribution in [3.05, 3.63) is 30.1 Å². The number of primary amides is 1. The van der Waals surface area contributed by atoms with Gasteiger partial charge < -0.3 is 10.6 Å². The van der Waals surface area contributed by atoms with E-state index < -0.39 is 17.6 Å². The number of hydrogen-bond donors (Lipinski definition) is 1. The number of carbonyl (C=O) groups is 2. The summed E-state index contributed by atoms with van der Waals surface area (Å²) in [4.78, 5) is 22.6. The van der Waals surface area contributed by atoms with Crippen LogP contribution < -0.4 is 10.6 Å². The molecule has 1 aromatic rings. The average Bonchev–Trinajstić information content (AvgIpc) is 2.15. The van der Waals surface area contributed by atoms with Gasteiger partial charge in [0.1, 0.15) is 5.82 Å². The molecule has 0 aliphatic heterocycles. The summed E-state index contributed by atoms with van der Waals surface area (Å²) in [5.41, 5.74) is 5.07. The van der Waals surface area contributed by atoms with Crippen molar-refractivity contribution < 1.29 is 14.0 Å². The highest BCUT2D eigenvalue weighted by Gasteiger charge is 2.16. The van der Waals surface area contributed by atoms with Gasteiger partial charge in [0, 0.05) is 12.7 Å². The van der Waals surface area contributed by atoms with Gasteiger partial charge in [-0.05, 0) is 18.2 Å². The minimum absolute atomic E-state index is 0.286. The van der Waals surface area contributed by atoms with Crippen molar-refractivity contribution in [2.24, 2.45) is 5.73 Å². The van der Waals surface area contributed by atoms with Gasteiger partial charge >= 0.3 is 11.8 Å². The van der Waals surface area contributed by atoms with E-state index in [1.807, 2.05) is 0 Å². The first-order chi connectivity index (χ1) is 6.52. The summed E-state index contributed by atoms with van der Waals surface area (Å²) in [7, 11) is 1.35. The molecule has 0 saturated heterocycles. The maximum absolute atomic E-state index is 12.7. The molecular formula is C9H9FN2O2. The van der Waals surface area contributed by atoms with E-state index in [-0.39, 0.29) is 5.69 Å². The van der Waals surface area contributed by atoms with Crippen LogP contribution in [0.3, 0.4) is 0 Å². The number of carbonyl (C=O) groups excluding carboxylic acids is 2. The van der Waals surface area contributed by atoms with Crippen molar-refractivity contribution in [1.29, 1.82) is 0 Å². The Balaban J connectivity index is 2.95. The zero-order valence-corrected chi connectivity index (χ0v) is 7.53. The van der Waals surface area contributed by atoms with E-state index in [9.17, 15) is 14.0 Å². The van der Waals surface area contributed by atoms with Gasteiger partial charge in [0.15, 0.2) is 0 Å². The van der Waals surface area contributed by atoms with Gasteiger partial charge in [-0.3, -0.25) is 9.59 Å². The van der Waals surface area contributed by atoms with Gasteiger partial charge in [-0.2, -0.15) is 0 Å². The van der Waals surface area contributed by atoms with Gasteiger partial charge in [-0.25, -0.2) is 4.39 Å².